The molecule has 0 aliphatic carbocycles. The molecule has 0 aliphatic rings. The lowest BCUT2D eigenvalue weighted by Crippen LogP contribution is -2.17. The molecule has 0 aromatic heterocycles. The summed E-state index contributed by atoms with van der Waals surface area (Å²) in [6.07, 6.45) is 1.47. The molecule has 2 rings (SSSR count). The Hall–Kier alpha value is -3.22. The van der Waals surface area contributed by atoms with Gasteiger partial charge in [0.15, 0.2) is 11.5 Å². The van der Waals surface area contributed by atoms with E-state index in [-0.39, 0.29) is 5.91 Å². The van der Waals surface area contributed by atoms with Gasteiger partial charge in [-0.1, -0.05) is 0 Å². The molecule has 0 saturated carbocycles. The molecule has 1 N–H and O–H groups in total. The molecule has 2 aromatic carbocycles. The van der Waals surface area contributed by atoms with Gasteiger partial charge in [0.1, 0.15) is 5.75 Å². The molecule has 0 aliphatic heterocycles. The van der Waals surface area contributed by atoms with Gasteiger partial charge in [-0.15, -0.1) is 0 Å². The van der Waals surface area contributed by atoms with Crippen molar-refractivity contribution in [2.75, 3.05) is 28.4 Å². The number of ether oxygens (including phenoxy) is 4. The van der Waals surface area contributed by atoms with Crippen LogP contribution in [0.15, 0.2) is 41.5 Å². The summed E-state index contributed by atoms with van der Waals surface area (Å²) in [5, 5.41) is 3.97. The number of hydrazone groups is 1. The SMILES string of the molecule is COc1ccc(C(=O)NN=Cc2ccc(OC)c(OC)c2OC)cc1. The molecule has 0 bridgehead atoms. The van der Waals surface area contributed by atoms with Gasteiger partial charge in [-0.3, -0.25) is 4.79 Å². The van der Waals surface area contributed by atoms with Gasteiger partial charge in [0.25, 0.3) is 5.91 Å². The van der Waals surface area contributed by atoms with Crippen LogP contribution in [0.2, 0.25) is 0 Å². The molecule has 25 heavy (non-hydrogen) atoms. The van der Waals surface area contributed by atoms with Crippen molar-refractivity contribution in [1.29, 1.82) is 0 Å². The predicted molar refractivity (Wildman–Crippen MR) is 94.2 cm³/mol. The van der Waals surface area contributed by atoms with Gasteiger partial charge in [-0.05, 0) is 36.4 Å². The minimum atomic E-state index is -0.335. The number of nitrogens with one attached hydrogen (secondary N) is 1. The van der Waals surface area contributed by atoms with E-state index >= 15 is 0 Å². The van der Waals surface area contributed by atoms with E-state index in [1.165, 1.54) is 20.4 Å². The molecule has 0 saturated heterocycles. The highest BCUT2D eigenvalue weighted by molar-refractivity contribution is 5.95. The molecule has 2 aromatic rings. The zero-order valence-corrected chi connectivity index (χ0v) is 14.5. The number of rotatable bonds is 7. The molecule has 1 amide bonds. The third-order valence-electron chi connectivity index (χ3n) is 3.46. The predicted octanol–water partition coefficient (Wildman–Crippen LogP) is 2.48. The Morgan fingerprint density at radius 3 is 2.12 bits per heavy atom. The minimum Gasteiger partial charge on any atom is -0.497 e. The topological polar surface area (TPSA) is 78.4 Å². The Kier molecular flexibility index (Phi) is 6.22. The zero-order chi connectivity index (χ0) is 18.2. The second-order valence-electron chi connectivity index (χ2n) is 4.85. The van der Waals surface area contributed by atoms with Crippen LogP contribution in [0.3, 0.4) is 0 Å². The van der Waals surface area contributed by atoms with E-state index in [4.69, 9.17) is 18.9 Å². The number of carbonyl (C=O) groups excluding carboxylic acids is 1. The number of benzene rings is 2. The van der Waals surface area contributed by atoms with Gasteiger partial charge < -0.3 is 18.9 Å². The summed E-state index contributed by atoms with van der Waals surface area (Å²) in [7, 11) is 6.15. The highest BCUT2D eigenvalue weighted by Crippen LogP contribution is 2.38. The van der Waals surface area contributed by atoms with E-state index in [9.17, 15) is 4.79 Å². The number of methoxy groups -OCH3 is 4. The van der Waals surface area contributed by atoms with Crippen LogP contribution < -0.4 is 24.4 Å². The molecule has 0 unspecified atom stereocenters. The Labute approximate surface area is 146 Å². The van der Waals surface area contributed by atoms with E-state index in [2.05, 4.69) is 10.5 Å². The third-order valence-corrected chi connectivity index (χ3v) is 3.46. The normalized spacial score (nSPS) is 10.4. The largest absolute Gasteiger partial charge is 0.497 e. The molecule has 0 spiro atoms. The summed E-state index contributed by atoms with van der Waals surface area (Å²) >= 11 is 0. The van der Waals surface area contributed by atoms with E-state index in [0.29, 0.717) is 34.1 Å². The lowest BCUT2D eigenvalue weighted by atomic mass is 10.2. The molecule has 0 fully saturated rings. The van der Waals surface area contributed by atoms with E-state index in [0.717, 1.165) is 0 Å². The van der Waals surface area contributed by atoms with Crippen molar-refractivity contribution < 1.29 is 23.7 Å². The lowest BCUT2D eigenvalue weighted by molar-refractivity contribution is 0.0955. The summed E-state index contributed by atoms with van der Waals surface area (Å²) in [4.78, 5) is 12.1. The second kappa shape index (κ2) is 8.58. The average molecular weight is 344 g/mol. The molecule has 132 valence electrons. The van der Waals surface area contributed by atoms with Crippen molar-refractivity contribution in [3.8, 4) is 23.0 Å². The van der Waals surface area contributed by atoms with Crippen LogP contribution in [0, 0.1) is 0 Å². The molecule has 7 heteroatoms. The van der Waals surface area contributed by atoms with E-state index in [1.807, 2.05) is 0 Å². The molecular formula is C18H20N2O5. The van der Waals surface area contributed by atoms with Crippen molar-refractivity contribution in [2.45, 2.75) is 0 Å². The fraction of sp³-hybridized carbons (Fsp3) is 0.222. The van der Waals surface area contributed by atoms with Crippen molar-refractivity contribution in [3.63, 3.8) is 0 Å². The maximum absolute atomic E-state index is 12.1. The van der Waals surface area contributed by atoms with Crippen LogP contribution in [-0.4, -0.2) is 40.6 Å². The molecular weight excluding hydrogens is 324 g/mol. The highest BCUT2D eigenvalue weighted by atomic mass is 16.5. The van der Waals surface area contributed by atoms with Crippen molar-refractivity contribution in [2.24, 2.45) is 5.10 Å². The van der Waals surface area contributed by atoms with Crippen LogP contribution in [0.25, 0.3) is 0 Å². The number of hydrogen-bond acceptors (Lipinski definition) is 6. The van der Waals surface area contributed by atoms with Gasteiger partial charge in [-0.25, -0.2) is 5.43 Å². The first kappa shape index (κ1) is 18.1. The quantitative estimate of drug-likeness (QED) is 0.617. The van der Waals surface area contributed by atoms with Crippen molar-refractivity contribution >= 4 is 12.1 Å². The monoisotopic (exact) mass is 344 g/mol. The average Bonchev–Trinajstić information content (AvgIpc) is 2.67. The Bertz CT molecular complexity index is 757. The molecule has 0 radical (unpaired) electrons. The van der Waals surface area contributed by atoms with Crippen LogP contribution in [0.5, 0.6) is 23.0 Å². The highest BCUT2D eigenvalue weighted by Gasteiger charge is 2.14. The Morgan fingerprint density at radius 2 is 1.56 bits per heavy atom. The third kappa shape index (κ3) is 4.20. The van der Waals surface area contributed by atoms with Crippen LogP contribution in [-0.2, 0) is 0 Å². The van der Waals surface area contributed by atoms with Gasteiger partial charge in [0, 0.05) is 11.1 Å². The second-order valence-corrected chi connectivity index (χ2v) is 4.85. The standard InChI is InChI=1S/C18H20N2O5/c1-22-14-8-5-12(6-9-14)18(21)20-19-11-13-7-10-15(23-2)17(25-4)16(13)24-3/h5-11H,1-4H3,(H,20,21). The minimum absolute atomic E-state index is 0.335. The molecule has 7 nitrogen and oxygen atoms in total. The van der Waals surface area contributed by atoms with Crippen LogP contribution in [0.1, 0.15) is 15.9 Å². The zero-order valence-electron chi connectivity index (χ0n) is 14.5. The molecule has 0 atom stereocenters. The Morgan fingerprint density at radius 1 is 0.880 bits per heavy atom. The van der Waals surface area contributed by atoms with E-state index < -0.39 is 0 Å². The van der Waals surface area contributed by atoms with Crippen molar-refractivity contribution in [3.05, 3.63) is 47.5 Å². The fourth-order valence-electron chi connectivity index (χ4n) is 2.19. The lowest BCUT2D eigenvalue weighted by Gasteiger charge is -2.13. The fourth-order valence-corrected chi connectivity index (χ4v) is 2.19. The smallest absolute Gasteiger partial charge is 0.271 e. The summed E-state index contributed by atoms with van der Waals surface area (Å²) in [6, 6.07) is 10.2. The van der Waals surface area contributed by atoms with Gasteiger partial charge in [-0.2, -0.15) is 5.10 Å². The summed E-state index contributed by atoms with van der Waals surface area (Å²) in [5.41, 5.74) is 3.57. The van der Waals surface area contributed by atoms with Crippen LogP contribution in [0.4, 0.5) is 0 Å². The first-order chi connectivity index (χ1) is 12.1. The number of carbonyl (C=O) groups is 1. The summed E-state index contributed by atoms with van der Waals surface area (Å²) in [6.45, 7) is 0. The Balaban J connectivity index is 2.14. The van der Waals surface area contributed by atoms with Gasteiger partial charge in [0.2, 0.25) is 5.75 Å². The number of nitrogens with zero attached hydrogens (tertiary/aromatic N) is 1. The van der Waals surface area contributed by atoms with Crippen molar-refractivity contribution in [1.82, 2.24) is 5.43 Å². The van der Waals surface area contributed by atoms with E-state index in [1.54, 1.807) is 50.6 Å². The molecule has 0 heterocycles. The van der Waals surface area contributed by atoms with Gasteiger partial charge >= 0.3 is 0 Å². The number of amides is 1. The maximum Gasteiger partial charge on any atom is 0.271 e. The summed E-state index contributed by atoms with van der Waals surface area (Å²) < 4.78 is 20.9. The maximum atomic E-state index is 12.1. The number of hydrogen-bond donors (Lipinski definition) is 1. The van der Waals surface area contributed by atoms with Crippen LogP contribution >= 0.6 is 0 Å². The first-order valence-corrected chi connectivity index (χ1v) is 7.41. The van der Waals surface area contributed by atoms with Gasteiger partial charge in [0.05, 0.1) is 34.7 Å². The first-order valence-electron chi connectivity index (χ1n) is 7.41. The summed E-state index contributed by atoms with van der Waals surface area (Å²) in [5.74, 6) is 1.80.